The highest BCUT2D eigenvalue weighted by atomic mass is 16.2. The number of amides is 2. The molecule has 0 aliphatic rings. The molecular formula is C15H17N3O. The van der Waals surface area contributed by atoms with Gasteiger partial charge in [0, 0.05) is 24.1 Å². The molecule has 4 nitrogen and oxygen atoms in total. The SMILES string of the molecule is Cc1ccc(NC(=O)N(C)c2ccc(N)cc2)cc1. The lowest BCUT2D eigenvalue weighted by atomic mass is 10.2. The summed E-state index contributed by atoms with van der Waals surface area (Å²) in [6, 6.07) is 14.6. The Bertz CT molecular complexity index is 561. The van der Waals surface area contributed by atoms with Crippen LogP contribution in [0.25, 0.3) is 0 Å². The van der Waals surface area contributed by atoms with Crippen LogP contribution in [-0.4, -0.2) is 13.1 Å². The fourth-order valence-electron chi connectivity index (χ4n) is 1.66. The number of nitrogens with two attached hydrogens (primary N) is 1. The van der Waals surface area contributed by atoms with Gasteiger partial charge in [-0.1, -0.05) is 17.7 Å². The second-order valence-electron chi connectivity index (χ2n) is 4.45. The highest BCUT2D eigenvalue weighted by molar-refractivity contribution is 6.01. The predicted octanol–water partition coefficient (Wildman–Crippen LogP) is 3.25. The van der Waals surface area contributed by atoms with Crippen LogP contribution in [0.1, 0.15) is 5.56 Å². The van der Waals surface area contributed by atoms with E-state index in [0.717, 1.165) is 16.9 Å². The van der Waals surface area contributed by atoms with Gasteiger partial charge < -0.3 is 11.1 Å². The molecule has 0 aliphatic carbocycles. The van der Waals surface area contributed by atoms with Crippen LogP contribution in [0.3, 0.4) is 0 Å². The van der Waals surface area contributed by atoms with E-state index in [4.69, 9.17) is 5.73 Å². The van der Waals surface area contributed by atoms with Crippen LogP contribution in [0, 0.1) is 6.92 Å². The lowest BCUT2D eigenvalue weighted by molar-refractivity contribution is 0.258. The maximum Gasteiger partial charge on any atom is 0.326 e. The normalized spacial score (nSPS) is 10.0. The molecule has 98 valence electrons. The maximum atomic E-state index is 12.1. The summed E-state index contributed by atoms with van der Waals surface area (Å²) >= 11 is 0. The molecule has 0 heterocycles. The van der Waals surface area contributed by atoms with Crippen molar-refractivity contribution >= 4 is 23.1 Å². The number of carbonyl (C=O) groups is 1. The van der Waals surface area contributed by atoms with Crippen molar-refractivity contribution in [3.8, 4) is 0 Å². The Morgan fingerprint density at radius 1 is 1.05 bits per heavy atom. The fraction of sp³-hybridized carbons (Fsp3) is 0.133. The van der Waals surface area contributed by atoms with Crippen molar-refractivity contribution in [1.29, 1.82) is 0 Å². The molecule has 3 N–H and O–H groups in total. The molecule has 0 unspecified atom stereocenters. The van der Waals surface area contributed by atoms with Gasteiger partial charge in [-0.05, 0) is 43.3 Å². The van der Waals surface area contributed by atoms with E-state index in [2.05, 4.69) is 5.32 Å². The maximum absolute atomic E-state index is 12.1. The number of nitrogens with one attached hydrogen (secondary N) is 1. The summed E-state index contributed by atoms with van der Waals surface area (Å²) in [5.74, 6) is 0. The first kappa shape index (κ1) is 13.0. The fourth-order valence-corrected chi connectivity index (χ4v) is 1.66. The van der Waals surface area contributed by atoms with E-state index in [0.29, 0.717) is 5.69 Å². The molecule has 2 amide bonds. The molecular weight excluding hydrogens is 238 g/mol. The lowest BCUT2D eigenvalue weighted by Gasteiger charge is -2.18. The van der Waals surface area contributed by atoms with E-state index in [1.54, 1.807) is 24.1 Å². The average Bonchev–Trinajstić information content (AvgIpc) is 2.41. The topological polar surface area (TPSA) is 58.4 Å². The Kier molecular flexibility index (Phi) is 3.71. The second kappa shape index (κ2) is 5.44. The molecule has 0 spiro atoms. The van der Waals surface area contributed by atoms with Crippen molar-refractivity contribution in [3.63, 3.8) is 0 Å². The molecule has 19 heavy (non-hydrogen) atoms. The average molecular weight is 255 g/mol. The van der Waals surface area contributed by atoms with E-state index >= 15 is 0 Å². The van der Waals surface area contributed by atoms with Crippen LogP contribution in [0.15, 0.2) is 48.5 Å². The summed E-state index contributed by atoms with van der Waals surface area (Å²) in [7, 11) is 1.72. The van der Waals surface area contributed by atoms with Gasteiger partial charge in [0.05, 0.1) is 0 Å². The van der Waals surface area contributed by atoms with Crippen molar-refractivity contribution in [2.45, 2.75) is 6.92 Å². The van der Waals surface area contributed by atoms with Crippen LogP contribution < -0.4 is 16.0 Å². The van der Waals surface area contributed by atoms with E-state index in [1.165, 1.54) is 0 Å². The third-order valence-corrected chi connectivity index (χ3v) is 2.89. The highest BCUT2D eigenvalue weighted by Crippen LogP contribution is 2.16. The third-order valence-electron chi connectivity index (χ3n) is 2.89. The summed E-state index contributed by atoms with van der Waals surface area (Å²) in [4.78, 5) is 13.6. The number of urea groups is 1. The standard InChI is InChI=1S/C15H17N3O/c1-11-3-7-13(8-4-11)17-15(19)18(2)14-9-5-12(16)6-10-14/h3-10H,16H2,1-2H3,(H,17,19). The molecule has 0 aliphatic heterocycles. The van der Waals surface area contributed by atoms with Gasteiger partial charge in [0.1, 0.15) is 0 Å². The molecule has 0 atom stereocenters. The zero-order valence-electron chi connectivity index (χ0n) is 11.1. The Hall–Kier alpha value is -2.49. The number of nitrogen functional groups attached to an aromatic ring is 1. The number of hydrogen-bond donors (Lipinski definition) is 2. The zero-order valence-corrected chi connectivity index (χ0v) is 11.1. The van der Waals surface area contributed by atoms with Crippen LogP contribution in [0.2, 0.25) is 0 Å². The van der Waals surface area contributed by atoms with Gasteiger partial charge in [-0.15, -0.1) is 0 Å². The van der Waals surface area contributed by atoms with Crippen LogP contribution in [0.5, 0.6) is 0 Å². The van der Waals surface area contributed by atoms with E-state index < -0.39 is 0 Å². The number of hydrogen-bond acceptors (Lipinski definition) is 2. The lowest BCUT2D eigenvalue weighted by Crippen LogP contribution is -2.31. The smallest absolute Gasteiger partial charge is 0.326 e. The minimum absolute atomic E-state index is 0.186. The minimum Gasteiger partial charge on any atom is -0.399 e. The van der Waals surface area contributed by atoms with Gasteiger partial charge >= 0.3 is 6.03 Å². The van der Waals surface area contributed by atoms with Crippen LogP contribution in [-0.2, 0) is 0 Å². The molecule has 0 aromatic heterocycles. The van der Waals surface area contributed by atoms with Gasteiger partial charge in [0.25, 0.3) is 0 Å². The van der Waals surface area contributed by atoms with E-state index in [-0.39, 0.29) is 6.03 Å². The molecule has 2 rings (SSSR count). The summed E-state index contributed by atoms with van der Waals surface area (Å²) in [6.07, 6.45) is 0. The number of carbonyl (C=O) groups excluding carboxylic acids is 1. The van der Waals surface area contributed by atoms with Crippen molar-refractivity contribution in [1.82, 2.24) is 0 Å². The number of aryl methyl sites for hydroxylation is 1. The van der Waals surface area contributed by atoms with Crippen molar-refractivity contribution in [3.05, 3.63) is 54.1 Å². The summed E-state index contributed by atoms with van der Waals surface area (Å²) in [5.41, 5.74) is 9.02. The molecule has 0 radical (unpaired) electrons. The molecule has 2 aromatic carbocycles. The van der Waals surface area contributed by atoms with Crippen molar-refractivity contribution < 1.29 is 4.79 Å². The molecule has 0 saturated heterocycles. The second-order valence-corrected chi connectivity index (χ2v) is 4.45. The summed E-state index contributed by atoms with van der Waals surface area (Å²) in [5, 5.41) is 2.84. The molecule has 0 saturated carbocycles. The predicted molar refractivity (Wildman–Crippen MR) is 79.5 cm³/mol. The van der Waals surface area contributed by atoms with Gasteiger partial charge in [0.15, 0.2) is 0 Å². The Balaban J connectivity index is 2.07. The van der Waals surface area contributed by atoms with Crippen LogP contribution in [0.4, 0.5) is 21.9 Å². The van der Waals surface area contributed by atoms with Gasteiger partial charge in [-0.3, -0.25) is 4.90 Å². The quantitative estimate of drug-likeness (QED) is 0.809. The minimum atomic E-state index is -0.186. The first-order chi connectivity index (χ1) is 9.06. The first-order valence-electron chi connectivity index (χ1n) is 6.03. The number of benzene rings is 2. The number of rotatable bonds is 2. The molecule has 0 fully saturated rings. The van der Waals surface area contributed by atoms with E-state index in [1.807, 2.05) is 43.3 Å². The zero-order chi connectivity index (χ0) is 13.8. The Morgan fingerprint density at radius 3 is 2.21 bits per heavy atom. The van der Waals surface area contributed by atoms with Crippen molar-refractivity contribution in [2.24, 2.45) is 0 Å². The number of anilines is 3. The largest absolute Gasteiger partial charge is 0.399 e. The highest BCUT2D eigenvalue weighted by Gasteiger charge is 2.10. The molecule has 0 bridgehead atoms. The molecule has 4 heteroatoms. The van der Waals surface area contributed by atoms with Crippen molar-refractivity contribution in [2.75, 3.05) is 23.0 Å². The molecule has 2 aromatic rings. The van der Waals surface area contributed by atoms with Gasteiger partial charge in [0.2, 0.25) is 0 Å². The third kappa shape index (κ3) is 3.25. The Labute approximate surface area is 112 Å². The first-order valence-corrected chi connectivity index (χ1v) is 6.03. The van der Waals surface area contributed by atoms with Gasteiger partial charge in [-0.25, -0.2) is 4.79 Å². The summed E-state index contributed by atoms with van der Waals surface area (Å²) in [6.45, 7) is 2.01. The number of nitrogens with zero attached hydrogens (tertiary/aromatic N) is 1. The monoisotopic (exact) mass is 255 g/mol. The summed E-state index contributed by atoms with van der Waals surface area (Å²) < 4.78 is 0. The van der Waals surface area contributed by atoms with Crippen LogP contribution >= 0.6 is 0 Å². The Morgan fingerprint density at radius 2 is 1.63 bits per heavy atom. The van der Waals surface area contributed by atoms with Gasteiger partial charge in [-0.2, -0.15) is 0 Å². The van der Waals surface area contributed by atoms with E-state index in [9.17, 15) is 4.79 Å².